The molecule has 0 bridgehead atoms. The van der Waals surface area contributed by atoms with Gasteiger partial charge >= 0.3 is 7.60 Å². The Bertz CT molecular complexity index is 596. The summed E-state index contributed by atoms with van der Waals surface area (Å²) < 4.78 is 23.2. The first kappa shape index (κ1) is 17.9. The fraction of sp³-hybridized carbons (Fsp3) is 0.500. The van der Waals surface area contributed by atoms with Crippen LogP contribution in [0.3, 0.4) is 0 Å². The van der Waals surface area contributed by atoms with Gasteiger partial charge in [-0.05, 0) is 25.5 Å². The molecule has 0 N–H and O–H groups in total. The van der Waals surface area contributed by atoms with Crippen LogP contribution in [0.25, 0.3) is 0 Å². The monoisotopic (exact) mass is 339 g/mol. The second kappa shape index (κ2) is 7.86. The van der Waals surface area contributed by atoms with Gasteiger partial charge in [0.2, 0.25) is 0 Å². The van der Waals surface area contributed by atoms with E-state index in [9.17, 15) is 14.2 Å². The summed E-state index contributed by atoms with van der Waals surface area (Å²) in [7, 11) is -3.16. The smallest absolute Gasteiger partial charge is 0.309 e. The first-order valence-corrected chi connectivity index (χ1v) is 9.58. The Labute approximate surface area is 136 Å². The number of hydrogen-bond acceptors (Lipinski definition) is 5. The number of nitrogens with zero attached hydrogens (tertiary/aromatic N) is 1. The van der Waals surface area contributed by atoms with Crippen LogP contribution >= 0.6 is 7.60 Å². The molecule has 23 heavy (non-hydrogen) atoms. The predicted molar refractivity (Wildman–Crippen MR) is 86.8 cm³/mol. The molecule has 0 radical (unpaired) electrons. The van der Waals surface area contributed by atoms with E-state index >= 15 is 0 Å². The summed E-state index contributed by atoms with van der Waals surface area (Å²) in [5, 5.41) is 0. The van der Waals surface area contributed by atoms with Crippen LogP contribution in [0.15, 0.2) is 24.3 Å². The quantitative estimate of drug-likeness (QED) is 0.510. The molecule has 6 nitrogen and oxygen atoms in total. The Hall–Kier alpha value is -1.49. The standard InChI is InChI=1S/C16H22NO5P/c1-3-5-12-23(20,21-4-2)22-11-10-17-15(18)13-8-6-7-9-14(13)16(17)19/h6-9H,3-5,10-12H2,1-2H3. The summed E-state index contributed by atoms with van der Waals surface area (Å²) in [5.41, 5.74) is 0.799. The minimum atomic E-state index is -3.16. The van der Waals surface area contributed by atoms with Gasteiger partial charge in [0.15, 0.2) is 0 Å². The molecule has 1 aliphatic rings. The van der Waals surface area contributed by atoms with Crippen LogP contribution in [0, 0.1) is 0 Å². The molecule has 0 saturated heterocycles. The van der Waals surface area contributed by atoms with E-state index in [4.69, 9.17) is 9.05 Å². The third-order valence-electron chi connectivity index (χ3n) is 3.59. The van der Waals surface area contributed by atoms with Crippen molar-refractivity contribution in [2.45, 2.75) is 26.7 Å². The summed E-state index contributed by atoms with van der Waals surface area (Å²) in [6, 6.07) is 6.70. The van der Waals surface area contributed by atoms with E-state index in [1.807, 2.05) is 6.92 Å². The van der Waals surface area contributed by atoms with E-state index < -0.39 is 7.60 Å². The third-order valence-corrected chi connectivity index (χ3v) is 5.68. The molecule has 0 saturated carbocycles. The van der Waals surface area contributed by atoms with E-state index in [-0.39, 0.29) is 25.0 Å². The van der Waals surface area contributed by atoms with Crippen LogP contribution in [0.2, 0.25) is 0 Å². The van der Waals surface area contributed by atoms with Gasteiger partial charge in [-0.2, -0.15) is 0 Å². The van der Waals surface area contributed by atoms with E-state index in [0.29, 0.717) is 23.9 Å². The molecule has 126 valence electrons. The second-order valence-electron chi connectivity index (χ2n) is 5.25. The highest BCUT2D eigenvalue weighted by Gasteiger charge is 2.35. The van der Waals surface area contributed by atoms with E-state index in [1.165, 1.54) is 0 Å². The van der Waals surface area contributed by atoms with Gasteiger partial charge in [-0.3, -0.25) is 19.1 Å². The van der Waals surface area contributed by atoms with E-state index in [1.54, 1.807) is 31.2 Å². The molecule has 1 heterocycles. The van der Waals surface area contributed by atoms with Crippen molar-refractivity contribution in [3.8, 4) is 0 Å². The Morgan fingerprint density at radius 1 is 1.04 bits per heavy atom. The summed E-state index contributed by atoms with van der Waals surface area (Å²) in [6.45, 7) is 4.12. The summed E-state index contributed by atoms with van der Waals surface area (Å²) in [5.74, 6) is -0.678. The lowest BCUT2D eigenvalue weighted by Gasteiger charge is -2.19. The summed E-state index contributed by atoms with van der Waals surface area (Å²) in [6.07, 6.45) is 1.97. The SMILES string of the molecule is CCCCP(=O)(OCC)OCCN1C(=O)c2ccccc2C1=O. The fourth-order valence-corrected chi connectivity index (χ4v) is 4.22. The number of carbonyl (C=O) groups excluding carboxylic acids is 2. The number of amides is 2. The second-order valence-corrected chi connectivity index (χ2v) is 7.43. The van der Waals surface area contributed by atoms with E-state index in [2.05, 4.69) is 0 Å². The number of benzene rings is 1. The molecule has 1 aromatic rings. The van der Waals surface area contributed by atoms with Crippen molar-refractivity contribution in [3.05, 3.63) is 35.4 Å². The van der Waals surface area contributed by atoms with Gasteiger partial charge in [0.25, 0.3) is 11.8 Å². The van der Waals surface area contributed by atoms with Crippen LogP contribution in [0.1, 0.15) is 47.4 Å². The first-order valence-electron chi connectivity index (χ1n) is 7.85. The molecule has 0 aliphatic carbocycles. The molecule has 0 spiro atoms. The van der Waals surface area contributed by atoms with Gasteiger partial charge in [0.1, 0.15) is 0 Å². The van der Waals surface area contributed by atoms with Crippen molar-refractivity contribution in [2.24, 2.45) is 0 Å². The number of carbonyl (C=O) groups is 2. The molecular formula is C16H22NO5P. The normalized spacial score (nSPS) is 16.5. The number of hydrogen-bond donors (Lipinski definition) is 0. The average Bonchev–Trinajstić information content (AvgIpc) is 2.79. The molecule has 1 unspecified atom stereocenters. The highest BCUT2D eigenvalue weighted by atomic mass is 31.2. The summed E-state index contributed by atoms with van der Waals surface area (Å²) in [4.78, 5) is 25.5. The van der Waals surface area contributed by atoms with Gasteiger partial charge in [0, 0.05) is 0 Å². The number of fused-ring (bicyclic) bond motifs is 1. The van der Waals surface area contributed by atoms with Crippen LogP contribution in [-0.2, 0) is 13.6 Å². The highest BCUT2D eigenvalue weighted by Crippen LogP contribution is 2.48. The molecule has 0 fully saturated rings. The average molecular weight is 339 g/mol. The Kier molecular flexibility index (Phi) is 6.10. The Balaban J connectivity index is 1.95. The van der Waals surface area contributed by atoms with Gasteiger partial charge < -0.3 is 9.05 Å². The lowest BCUT2D eigenvalue weighted by atomic mass is 10.1. The number of unbranched alkanes of at least 4 members (excludes halogenated alkanes) is 1. The van der Waals surface area contributed by atoms with Crippen molar-refractivity contribution < 1.29 is 23.2 Å². The molecular weight excluding hydrogens is 317 g/mol. The first-order chi connectivity index (χ1) is 11.0. The van der Waals surface area contributed by atoms with Gasteiger partial charge in [-0.1, -0.05) is 25.5 Å². The number of rotatable bonds is 9. The van der Waals surface area contributed by atoms with Gasteiger partial charge in [-0.15, -0.1) is 0 Å². The van der Waals surface area contributed by atoms with E-state index in [0.717, 1.165) is 17.7 Å². The van der Waals surface area contributed by atoms with Crippen molar-refractivity contribution in [1.29, 1.82) is 0 Å². The lowest BCUT2D eigenvalue weighted by Crippen LogP contribution is -2.32. The highest BCUT2D eigenvalue weighted by molar-refractivity contribution is 7.53. The maximum Gasteiger partial charge on any atom is 0.330 e. The van der Waals surface area contributed by atoms with Crippen LogP contribution in [0.5, 0.6) is 0 Å². The van der Waals surface area contributed by atoms with Crippen molar-refractivity contribution in [2.75, 3.05) is 25.9 Å². The maximum atomic E-state index is 12.5. The van der Waals surface area contributed by atoms with Crippen LogP contribution in [0.4, 0.5) is 0 Å². The zero-order chi connectivity index (χ0) is 16.9. The largest absolute Gasteiger partial charge is 0.330 e. The van der Waals surface area contributed by atoms with Gasteiger partial charge in [-0.25, -0.2) is 0 Å². The molecule has 7 heteroatoms. The Morgan fingerprint density at radius 3 is 2.17 bits per heavy atom. The molecule has 2 amide bonds. The summed E-state index contributed by atoms with van der Waals surface area (Å²) >= 11 is 0. The van der Waals surface area contributed by atoms with Crippen LogP contribution < -0.4 is 0 Å². The zero-order valence-corrected chi connectivity index (χ0v) is 14.4. The molecule has 1 aliphatic heterocycles. The molecule has 1 aromatic carbocycles. The van der Waals surface area contributed by atoms with Crippen molar-refractivity contribution >= 4 is 19.4 Å². The van der Waals surface area contributed by atoms with Crippen molar-refractivity contribution in [1.82, 2.24) is 4.90 Å². The molecule has 1 atom stereocenters. The fourth-order valence-electron chi connectivity index (χ4n) is 2.43. The Morgan fingerprint density at radius 2 is 1.65 bits per heavy atom. The third kappa shape index (κ3) is 4.08. The minimum Gasteiger partial charge on any atom is -0.309 e. The molecule has 2 rings (SSSR count). The van der Waals surface area contributed by atoms with Crippen LogP contribution in [-0.4, -0.2) is 42.6 Å². The van der Waals surface area contributed by atoms with Gasteiger partial charge in [0.05, 0.1) is 37.0 Å². The minimum absolute atomic E-state index is 0.00641. The predicted octanol–water partition coefficient (Wildman–Crippen LogP) is 3.33. The molecule has 0 aromatic heterocycles. The zero-order valence-electron chi connectivity index (χ0n) is 13.5. The van der Waals surface area contributed by atoms with Crippen molar-refractivity contribution in [3.63, 3.8) is 0 Å². The lowest BCUT2D eigenvalue weighted by molar-refractivity contribution is 0.0623. The maximum absolute atomic E-state index is 12.5. The number of imide groups is 1. The topological polar surface area (TPSA) is 72.9 Å².